The normalized spacial score (nSPS) is 12.4. The van der Waals surface area contributed by atoms with Crippen molar-refractivity contribution in [1.29, 1.82) is 0 Å². The maximum atomic E-state index is 13.0. The first-order valence-electron chi connectivity index (χ1n) is 5.69. The number of halogens is 2. The Morgan fingerprint density at radius 3 is 2.67 bits per heavy atom. The monoisotopic (exact) mass is 249 g/mol. The quantitative estimate of drug-likeness (QED) is 0.903. The molecule has 0 saturated carbocycles. The van der Waals surface area contributed by atoms with Crippen LogP contribution < -0.4 is 0 Å². The first-order valence-corrected chi connectivity index (χ1v) is 5.69. The van der Waals surface area contributed by atoms with Crippen LogP contribution in [0.1, 0.15) is 23.7 Å². The van der Waals surface area contributed by atoms with Crippen LogP contribution in [0.15, 0.2) is 42.7 Å². The number of aromatic nitrogens is 1. The van der Waals surface area contributed by atoms with Crippen LogP contribution in [0.4, 0.5) is 8.78 Å². The second-order valence-corrected chi connectivity index (χ2v) is 4.09. The fourth-order valence-corrected chi connectivity index (χ4v) is 1.74. The number of pyridine rings is 1. The van der Waals surface area contributed by atoms with Gasteiger partial charge in [-0.25, -0.2) is 8.78 Å². The Hall–Kier alpha value is -1.81. The lowest BCUT2D eigenvalue weighted by Crippen LogP contribution is -2.01. The Morgan fingerprint density at radius 1 is 1.17 bits per heavy atom. The largest absolute Gasteiger partial charge is 0.388 e. The molecular formula is C14H13F2NO. The van der Waals surface area contributed by atoms with Gasteiger partial charge in [0.05, 0.1) is 6.10 Å². The third-order valence-electron chi connectivity index (χ3n) is 2.76. The molecule has 1 aromatic carbocycles. The van der Waals surface area contributed by atoms with Crippen molar-refractivity contribution in [1.82, 2.24) is 4.98 Å². The molecule has 1 atom stereocenters. The number of aryl methyl sites for hydroxylation is 1. The summed E-state index contributed by atoms with van der Waals surface area (Å²) in [6, 6.07) is 7.18. The lowest BCUT2D eigenvalue weighted by Gasteiger charge is -2.11. The number of rotatable bonds is 4. The van der Waals surface area contributed by atoms with Crippen molar-refractivity contribution in [2.24, 2.45) is 0 Å². The number of hydrogen-bond acceptors (Lipinski definition) is 2. The van der Waals surface area contributed by atoms with Gasteiger partial charge in [0, 0.05) is 12.4 Å². The summed E-state index contributed by atoms with van der Waals surface area (Å²) in [6.45, 7) is 0. The molecule has 0 spiro atoms. The summed E-state index contributed by atoms with van der Waals surface area (Å²) in [5.74, 6) is -1.84. The van der Waals surface area contributed by atoms with Gasteiger partial charge in [0.2, 0.25) is 0 Å². The van der Waals surface area contributed by atoms with Crippen LogP contribution in [0, 0.1) is 11.6 Å². The van der Waals surface area contributed by atoms with Gasteiger partial charge in [-0.15, -0.1) is 0 Å². The molecule has 0 radical (unpaired) electrons. The van der Waals surface area contributed by atoms with E-state index in [1.54, 1.807) is 12.4 Å². The third kappa shape index (κ3) is 3.11. The van der Waals surface area contributed by atoms with Crippen LogP contribution >= 0.6 is 0 Å². The van der Waals surface area contributed by atoms with E-state index in [0.717, 1.165) is 17.7 Å². The molecular weight excluding hydrogens is 236 g/mol. The van der Waals surface area contributed by atoms with Gasteiger partial charge in [-0.05, 0) is 42.2 Å². The van der Waals surface area contributed by atoms with Crippen LogP contribution in [-0.2, 0) is 6.42 Å². The van der Waals surface area contributed by atoms with E-state index in [2.05, 4.69) is 4.98 Å². The molecule has 18 heavy (non-hydrogen) atoms. The number of benzene rings is 1. The van der Waals surface area contributed by atoms with Gasteiger partial charge in [-0.1, -0.05) is 12.1 Å². The lowest BCUT2D eigenvalue weighted by molar-refractivity contribution is 0.167. The van der Waals surface area contributed by atoms with E-state index >= 15 is 0 Å². The molecule has 0 aliphatic carbocycles. The summed E-state index contributed by atoms with van der Waals surface area (Å²) >= 11 is 0. The average molecular weight is 249 g/mol. The second kappa shape index (κ2) is 5.69. The highest BCUT2D eigenvalue weighted by Gasteiger charge is 2.10. The average Bonchev–Trinajstić information content (AvgIpc) is 2.40. The van der Waals surface area contributed by atoms with Crippen LogP contribution in [0.3, 0.4) is 0 Å². The van der Waals surface area contributed by atoms with Crippen molar-refractivity contribution < 1.29 is 13.9 Å². The number of hydrogen-bond donors (Lipinski definition) is 1. The Labute approximate surface area is 104 Å². The predicted octanol–water partition coefficient (Wildman–Crippen LogP) is 3.03. The van der Waals surface area contributed by atoms with Crippen LogP contribution in [0.2, 0.25) is 0 Å². The Kier molecular flexibility index (Phi) is 3.99. The highest BCUT2D eigenvalue weighted by Crippen LogP contribution is 2.20. The van der Waals surface area contributed by atoms with E-state index < -0.39 is 17.7 Å². The Balaban J connectivity index is 1.99. The lowest BCUT2D eigenvalue weighted by atomic mass is 10.0. The van der Waals surface area contributed by atoms with E-state index in [1.165, 1.54) is 6.07 Å². The zero-order chi connectivity index (χ0) is 13.0. The van der Waals surface area contributed by atoms with E-state index in [-0.39, 0.29) is 0 Å². The molecule has 0 saturated heterocycles. The molecule has 0 bridgehead atoms. The van der Waals surface area contributed by atoms with Crippen LogP contribution in [-0.4, -0.2) is 10.1 Å². The standard InChI is InChI=1S/C14H13F2NO/c15-12-5-4-11(8-13(12)16)14(18)6-3-10-2-1-7-17-9-10/h1-2,4-5,7-9,14,18H,3,6H2. The molecule has 1 unspecified atom stereocenters. The van der Waals surface area contributed by atoms with Crippen molar-refractivity contribution in [2.75, 3.05) is 0 Å². The van der Waals surface area contributed by atoms with Gasteiger partial charge in [0.15, 0.2) is 11.6 Å². The molecule has 1 heterocycles. The molecule has 0 aliphatic heterocycles. The van der Waals surface area contributed by atoms with Crippen molar-refractivity contribution in [3.8, 4) is 0 Å². The molecule has 2 nitrogen and oxygen atoms in total. The zero-order valence-electron chi connectivity index (χ0n) is 9.68. The maximum Gasteiger partial charge on any atom is 0.159 e. The Morgan fingerprint density at radius 2 is 2.00 bits per heavy atom. The molecule has 4 heteroatoms. The van der Waals surface area contributed by atoms with Gasteiger partial charge in [-0.3, -0.25) is 4.98 Å². The van der Waals surface area contributed by atoms with E-state index in [1.807, 2.05) is 12.1 Å². The molecule has 2 aromatic rings. The SMILES string of the molecule is OC(CCc1cccnc1)c1ccc(F)c(F)c1. The Bertz CT molecular complexity index is 516. The maximum absolute atomic E-state index is 13.0. The first kappa shape index (κ1) is 12.6. The fourth-order valence-electron chi connectivity index (χ4n) is 1.74. The van der Waals surface area contributed by atoms with Gasteiger partial charge < -0.3 is 5.11 Å². The van der Waals surface area contributed by atoms with E-state index in [9.17, 15) is 13.9 Å². The summed E-state index contributed by atoms with van der Waals surface area (Å²) in [5, 5.41) is 9.89. The zero-order valence-corrected chi connectivity index (χ0v) is 9.68. The van der Waals surface area contributed by atoms with E-state index in [0.29, 0.717) is 18.4 Å². The summed E-state index contributed by atoms with van der Waals surface area (Å²) < 4.78 is 25.8. The van der Waals surface area contributed by atoms with Crippen LogP contribution in [0.25, 0.3) is 0 Å². The molecule has 0 fully saturated rings. The number of nitrogens with zero attached hydrogens (tertiary/aromatic N) is 1. The van der Waals surface area contributed by atoms with Gasteiger partial charge in [0.25, 0.3) is 0 Å². The molecule has 94 valence electrons. The highest BCUT2D eigenvalue weighted by atomic mass is 19.2. The summed E-state index contributed by atoms with van der Waals surface area (Å²) in [4.78, 5) is 3.97. The van der Waals surface area contributed by atoms with Crippen molar-refractivity contribution in [3.05, 3.63) is 65.5 Å². The van der Waals surface area contributed by atoms with Gasteiger partial charge in [0.1, 0.15) is 0 Å². The van der Waals surface area contributed by atoms with Crippen LogP contribution in [0.5, 0.6) is 0 Å². The molecule has 1 aromatic heterocycles. The molecule has 1 N–H and O–H groups in total. The number of aliphatic hydroxyl groups is 1. The van der Waals surface area contributed by atoms with Gasteiger partial charge in [-0.2, -0.15) is 0 Å². The predicted molar refractivity (Wildman–Crippen MR) is 63.9 cm³/mol. The summed E-state index contributed by atoms with van der Waals surface area (Å²) in [5.41, 5.74) is 1.39. The third-order valence-corrected chi connectivity index (χ3v) is 2.76. The number of aliphatic hydroxyl groups excluding tert-OH is 1. The van der Waals surface area contributed by atoms with Gasteiger partial charge >= 0.3 is 0 Å². The highest BCUT2D eigenvalue weighted by molar-refractivity contribution is 5.20. The smallest absolute Gasteiger partial charge is 0.159 e. The topological polar surface area (TPSA) is 33.1 Å². The van der Waals surface area contributed by atoms with Crippen molar-refractivity contribution in [3.63, 3.8) is 0 Å². The molecule has 2 rings (SSSR count). The van der Waals surface area contributed by atoms with E-state index in [4.69, 9.17) is 0 Å². The minimum Gasteiger partial charge on any atom is -0.388 e. The summed E-state index contributed by atoms with van der Waals surface area (Å²) in [6.07, 6.45) is 3.66. The first-order chi connectivity index (χ1) is 8.66. The fraction of sp³-hybridized carbons (Fsp3) is 0.214. The molecule has 0 amide bonds. The summed E-state index contributed by atoms with van der Waals surface area (Å²) in [7, 11) is 0. The minimum atomic E-state index is -0.937. The van der Waals surface area contributed by atoms with Crippen molar-refractivity contribution in [2.45, 2.75) is 18.9 Å². The van der Waals surface area contributed by atoms with Crippen molar-refractivity contribution >= 4 is 0 Å². The minimum absolute atomic E-state index is 0.387. The second-order valence-electron chi connectivity index (χ2n) is 4.09. The molecule has 0 aliphatic rings.